The number of nitrogens with one attached hydrogen (secondary N) is 1. The highest BCUT2D eigenvalue weighted by Gasteiger charge is 2.47. The lowest BCUT2D eigenvalue weighted by Gasteiger charge is -2.27. The first kappa shape index (κ1) is 15.4. The van der Waals surface area contributed by atoms with Crippen LogP contribution in [-0.2, 0) is 0 Å². The minimum atomic E-state index is -0.292. The Labute approximate surface area is 148 Å². The molecule has 2 aliphatic rings. The molecule has 2 aliphatic heterocycles. The highest BCUT2D eigenvalue weighted by Crippen LogP contribution is 2.43. The number of fused-ring (bicyclic) bond motifs is 2. The second kappa shape index (κ2) is 5.84. The quantitative estimate of drug-likeness (QED) is 0.752. The molecule has 0 radical (unpaired) electrons. The van der Waals surface area contributed by atoms with Crippen LogP contribution in [0, 0.1) is 17.7 Å². The topological polar surface area (TPSA) is 75.4 Å². The predicted octanol–water partition coefficient (Wildman–Crippen LogP) is 1.30. The largest absolute Gasteiger partial charge is 0.328 e. The van der Waals surface area contributed by atoms with Gasteiger partial charge in [-0.1, -0.05) is 12.1 Å². The summed E-state index contributed by atoms with van der Waals surface area (Å²) in [4.78, 5) is 23.3. The molecule has 0 saturated carbocycles. The second-order valence-corrected chi connectivity index (χ2v) is 6.84. The van der Waals surface area contributed by atoms with Crippen molar-refractivity contribution in [2.24, 2.45) is 11.8 Å². The smallest absolute Gasteiger partial charge is 0.294 e. The molecule has 132 valence electrons. The lowest BCUT2D eigenvalue weighted by atomic mass is 9.89. The number of carbonyl (C=O) groups excluding carboxylic acids is 1. The highest BCUT2D eigenvalue weighted by molar-refractivity contribution is 5.91. The van der Waals surface area contributed by atoms with Crippen LogP contribution in [0.4, 0.5) is 4.39 Å². The zero-order valence-corrected chi connectivity index (χ0v) is 13.9. The first-order chi connectivity index (χ1) is 12.7. The summed E-state index contributed by atoms with van der Waals surface area (Å²) >= 11 is 0. The molecule has 4 heterocycles. The summed E-state index contributed by atoms with van der Waals surface area (Å²) in [5.41, 5.74) is 0.816. The number of hydrogen-bond acceptors (Lipinski definition) is 5. The minimum Gasteiger partial charge on any atom is -0.328 e. The van der Waals surface area contributed by atoms with E-state index < -0.39 is 0 Å². The number of likely N-dealkylation sites (tertiary alicyclic amines) is 1. The molecule has 3 atom stereocenters. The summed E-state index contributed by atoms with van der Waals surface area (Å²) in [6.45, 7) is 2.29. The van der Waals surface area contributed by atoms with Crippen LogP contribution in [0.1, 0.15) is 22.2 Å². The maximum absolute atomic E-state index is 13.8. The number of hydrogen-bond donors (Lipinski definition) is 1. The van der Waals surface area contributed by atoms with E-state index in [9.17, 15) is 9.18 Å². The SMILES string of the molecule is O=C(c1nc2ncccn2n1)N1C[C@@H]2CNC[C@@H]2[C@@H]1c1cccc(F)c1. The molecule has 0 spiro atoms. The molecule has 3 aromatic rings. The van der Waals surface area contributed by atoms with E-state index in [4.69, 9.17) is 0 Å². The molecule has 0 bridgehead atoms. The maximum Gasteiger partial charge on any atom is 0.294 e. The van der Waals surface area contributed by atoms with Gasteiger partial charge in [0.15, 0.2) is 0 Å². The second-order valence-electron chi connectivity index (χ2n) is 6.84. The van der Waals surface area contributed by atoms with Gasteiger partial charge in [-0.15, -0.1) is 5.10 Å². The van der Waals surface area contributed by atoms with Crippen molar-refractivity contribution in [2.75, 3.05) is 19.6 Å². The number of amides is 1. The van der Waals surface area contributed by atoms with Crippen molar-refractivity contribution in [1.82, 2.24) is 29.8 Å². The van der Waals surface area contributed by atoms with Crippen LogP contribution in [-0.4, -0.2) is 50.0 Å². The van der Waals surface area contributed by atoms with E-state index in [1.165, 1.54) is 16.6 Å². The third kappa shape index (κ3) is 2.37. The van der Waals surface area contributed by atoms with Gasteiger partial charge in [-0.3, -0.25) is 4.79 Å². The Bertz CT molecular complexity index is 955. The zero-order valence-electron chi connectivity index (χ0n) is 13.9. The number of benzene rings is 1. The first-order valence-electron chi connectivity index (χ1n) is 8.65. The Balaban J connectivity index is 1.54. The Hall–Kier alpha value is -2.87. The standard InChI is InChI=1S/C18H17FN6O/c19-13-4-1-3-11(7-13)15-14-9-20-8-12(14)10-24(15)17(26)16-22-18-21-5-2-6-25(18)23-16/h1-7,12,14-15,20H,8-10H2/t12-,14-,15-/m0/s1. The third-order valence-electron chi connectivity index (χ3n) is 5.32. The Kier molecular flexibility index (Phi) is 3.46. The van der Waals surface area contributed by atoms with E-state index >= 15 is 0 Å². The van der Waals surface area contributed by atoms with E-state index in [-0.39, 0.29) is 29.5 Å². The van der Waals surface area contributed by atoms with Crippen LogP contribution >= 0.6 is 0 Å². The van der Waals surface area contributed by atoms with Gasteiger partial charge in [-0.2, -0.15) is 4.98 Å². The molecule has 1 aromatic carbocycles. The van der Waals surface area contributed by atoms with Crippen molar-refractivity contribution >= 4 is 11.7 Å². The normalized spacial score (nSPS) is 25.0. The van der Waals surface area contributed by atoms with Crippen LogP contribution < -0.4 is 5.32 Å². The van der Waals surface area contributed by atoms with E-state index in [0.717, 1.165) is 18.7 Å². The molecular weight excluding hydrogens is 335 g/mol. The van der Waals surface area contributed by atoms with E-state index in [1.807, 2.05) is 6.07 Å². The number of aromatic nitrogens is 4. The molecule has 2 fully saturated rings. The van der Waals surface area contributed by atoms with Gasteiger partial charge < -0.3 is 10.2 Å². The molecule has 5 rings (SSSR count). The van der Waals surface area contributed by atoms with Crippen molar-refractivity contribution in [3.05, 3.63) is 59.9 Å². The Morgan fingerprint density at radius 2 is 2.19 bits per heavy atom. The molecule has 2 saturated heterocycles. The molecule has 1 N–H and O–H groups in total. The fourth-order valence-corrected chi connectivity index (χ4v) is 4.20. The fourth-order valence-electron chi connectivity index (χ4n) is 4.20. The maximum atomic E-state index is 13.8. The van der Waals surface area contributed by atoms with E-state index in [1.54, 1.807) is 29.4 Å². The van der Waals surface area contributed by atoms with Gasteiger partial charge in [0.1, 0.15) is 5.82 Å². The molecule has 1 amide bonds. The van der Waals surface area contributed by atoms with Crippen LogP contribution in [0.15, 0.2) is 42.7 Å². The summed E-state index contributed by atoms with van der Waals surface area (Å²) in [7, 11) is 0. The third-order valence-corrected chi connectivity index (χ3v) is 5.32. The van der Waals surface area contributed by atoms with Crippen molar-refractivity contribution in [3.63, 3.8) is 0 Å². The fraction of sp³-hybridized carbons (Fsp3) is 0.333. The van der Waals surface area contributed by atoms with E-state index in [2.05, 4.69) is 20.4 Å². The monoisotopic (exact) mass is 352 g/mol. The van der Waals surface area contributed by atoms with Crippen LogP contribution in [0.5, 0.6) is 0 Å². The first-order valence-corrected chi connectivity index (χ1v) is 8.65. The number of halogens is 1. The lowest BCUT2D eigenvalue weighted by Crippen LogP contribution is -2.35. The number of rotatable bonds is 2. The van der Waals surface area contributed by atoms with Crippen molar-refractivity contribution in [1.29, 1.82) is 0 Å². The molecule has 2 aromatic heterocycles. The van der Waals surface area contributed by atoms with Crippen molar-refractivity contribution < 1.29 is 9.18 Å². The summed E-state index contributed by atoms with van der Waals surface area (Å²) < 4.78 is 15.3. The van der Waals surface area contributed by atoms with Crippen LogP contribution in [0.25, 0.3) is 5.78 Å². The Morgan fingerprint density at radius 1 is 1.27 bits per heavy atom. The molecule has 0 aliphatic carbocycles. The predicted molar refractivity (Wildman–Crippen MR) is 90.8 cm³/mol. The van der Waals surface area contributed by atoms with Gasteiger partial charge in [-0.25, -0.2) is 13.9 Å². The van der Waals surface area contributed by atoms with Crippen LogP contribution in [0.2, 0.25) is 0 Å². The van der Waals surface area contributed by atoms with Crippen LogP contribution in [0.3, 0.4) is 0 Å². The average molecular weight is 352 g/mol. The van der Waals surface area contributed by atoms with Gasteiger partial charge in [0.05, 0.1) is 6.04 Å². The molecule has 7 nitrogen and oxygen atoms in total. The summed E-state index contributed by atoms with van der Waals surface area (Å²) in [5.74, 6) is 0.592. The van der Waals surface area contributed by atoms with Crippen molar-refractivity contribution in [3.8, 4) is 0 Å². The minimum absolute atomic E-state index is 0.123. The lowest BCUT2D eigenvalue weighted by molar-refractivity contribution is 0.0701. The summed E-state index contributed by atoms with van der Waals surface area (Å²) in [6, 6.07) is 8.06. The molecule has 0 unspecified atom stereocenters. The Morgan fingerprint density at radius 3 is 3.04 bits per heavy atom. The summed E-state index contributed by atoms with van der Waals surface area (Å²) in [5, 5.41) is 7.64. The van der Waals surface area contributed by atoms with E-state index in [0.29, 0.717) is 18.2 Å². The van der Waals surface area contributed by atoms with Gasteiger partial charge in [0.2, 0.25) is 5.82 Å². The number of nitrogens with zero attached hydrogens (tertiary/aromatic N) is 5. The average Bonchev–Trinajstić information content (AvgIpc) is 3.34. The summed E-state index contributed by atoms with van der Waals surface area (Å²) in [6.07, 6.45) is 3.32. The van der Waals surface area contributed by atoms with Gasteiger partial charge >= 0.3 is 0 Å². The zero-order chi connectivity index (χ0) is 17.7. The number of carbonyl (C=O) groups is 1. The molecule has 8 heteroatoms. The highest BCUT2D eigenvalue weighted by atomic mass is 19.1. The van der Waals surface area contributed by atoms with Crippen molar-refractivity contribution in [2.45, 2.75) is 6.04 Å². The van der Waals surface area contributed by atoms with Gasteiger partial charge in [0.25, 0.3) is 11.7 Å². The van der Waals surface area contributed by atoms with Gasteiger partial charge in [-0.05, 0) is 29.7 Å². The van der Waals surface area contributed by atoms with Gasteiger partial charge in [0, 0.05) is 37.9 Å². The molecular formula is C18H17FN6O. The molecule has 26 heavy (non-hydrogen) atoms.